The van der Waals surface area contributed by atoms with Crippen LogP contribution in [0.2, 0.25) is 0 Å². The van der Waals surface area contributed by atoms with E-state index in [2.05, 4.69) is 10.6 Å². The number of carbonyl (C=O) groups is 2. The van der Waals surface area contributed by atoms with Gasteiger partial charge in [-0.1, -0.05) is 60.7 Å². The maximum absolute atomic E-state index is 12.2. The van der Waals surface area contributed by atoms with Gasteiger partial charge in [0.05, 0.1) is 12.1 Å². The molecule has 0 aliphatic rings. The zero-order valence-corrected chi connectivity index (χ0v) is 17.6. The van der Waals surface area contributed by atoms with E-state index in [1.165, 1.54) is 0 Å². The molecule has 162 valence electrons. The Kier molecular flexibility index (Phi) is 8.68. The molecular formula is C23H30N2O5. The van der Waals surface area contributed by atoms with Crippen LogP contribution < -0.4 is 10.6 Å². The van der Waals surface area contributed by atoms with Gasteiger partial charge in [-0.2, -0.15) is 0 Å². The molecule has 0 fully saturated rings. The van der Waals surface area contributed by atoms with E-state index in [1.807, 2.05) is 60.7 Å². The van der Waals surface area contributed by atoms with Crippen molar-refractivity contribution in [1.29, 1.82) is 0 Å². The molecule has 30 heavy (non-hydrogen) atoms. The van der Waals surface area contributed by atoms with Gasteiger partial charge in [-0.15, -0.1) is 0 Å². The molecule has 2 rings (SSSR count). The van der Waals surface area contributed by atoms with Crippen molar-refractivity contribution in [3.63, 3.8) is 0 Å². The molecule has 2 atom stereocenters. The van der Waals surface area contributed by atoms with Gasteiger partial charge in [-0.25, -0.2) is 9.59 Å². The van der Waals surface area contributed by atoms with Crippen molar-refractivity contribution in [2.45, 2.75) is 51.5 Å². The number of nitrogens with one attached hydrogen (secondary N) is 2. The molecule has 0 saturated heterocycles. The molecule has 0 radical (unpaired) electrons. The molecule has 0 unspecified atom stereocenters. The number of hydrogen-bond acceptors (Lipinski definition) is 5. The van der Waals surface area contributed by atoms with E-state index in [1.54, 1.807) is 20.8 Å². The maximum Gasteiger partial charge on any atom is 0.407 e. The number of alkyl carbamates (subject to hydrolysis) is 2. The van der Waals surface area contributed by atoms with Crippen molar-refractivity contribution >= 4 is 12.2 Å². The third-order valence-corrected chi connectivity index (χ3v) is 4.13. The Morgan fingerprint density at radius 3 is 2.07 bits per heavy atom. The first-order valence-corrected chi connectivity index (χ1v) is 9.89. The van der Waals surface area contributed by atoms with Gasteiger partial charge in [0.15, 0.2) is 0 Å². The summed E-state index contributed by atoms with van der Waals surface area (Å²) in [5.74, 6) is 0. The standard InChI is InChI=1S/C23H30N2O5/c1-23(2,3)30-22(28)25-19(14-17-10-6-4-7-11-17)20(26)15-24-21(27)29-16-18-12-8-5-9-13-18/h4-13,19-20,26H,14-16H2,1-3H3,(H,24,27)(H,25,28)/t19-,20+/m0/s1. The summed E-state index contributed by atoms with van der Waals surface area (Å²) in [4.78, 5) is 24.2. The number of rotatable bonds is 8. The molecule has 0 saturated carbocycles. The fourth-order valence-electron chi connectivity index (χ4n) is 2.71. The zero-order chi connectivity index (χ0) is 22.0. The fraction of sp³-hybridized carbons (Fsp3) is 0.391. The summed E-state index contributed by atoms with van der Waals surface area (Å²) in [6.45, 7) is 5.34. The van der Waals surface area contributed by atoms with Crippen LogP contribution in [0.1, 0.15) is 31.9 Å². The summed E-state index contributed by atoms with van der Waals surface area (Å²) in [5, 5.41) is 15.8. The van der Waals surface area contributed by atoms with Crippen LogP contribution in [0, 0.1) is 0 Å². The van der Waals surface area contributed by atoms with Crippen molar-refractivity contribution in [3.8, 4) is 0 Å². The second-order valence-corrected chi connectivity index (χ2v) is 7.95. The minimum absolute atomic E-state index is 0.0824. The number of ether oxygens (including phenoxy) is 2. The van der Waals surface area contributed by atoms with Gasteiger partial charge in [0.2, 0.25) is 0 Å². The highest BCUT2D eigenvalue weighted by atomic mass is 16.6. The SMILES string of the molecule is CC(C)(C)OC(=O)N[C@@H](Cc1ccccc1)[C@H](O)CNC(=O)OCc1ccccc1. The summed E-state index contributed by atoms with van der Waals surface area (Å²) >= 11 is 0. The lowest BCUT2D eigenvalue weighted by atomic mass is 10.0. The minimum Gasteiger partial charge on any atom is -0.445 e. The average Bonchev–Trinajstić information content (AvgIpc) is 2.70. The Morgan fingerprint density at radius 1 is 0.933 bits per heavy atom. The first-order chi connectivity index (χ1) is 14.2. The van der Waals surface area contributed by atoms with Crippen molar-refractivity contribution in [1.82, 2.24) is 10.6 Å². The molecule has 3 N–H and O–H groups in total. The molecule has 0 spiro atoms. The summed E-state index contributed by atoms with van der Waals surface area (Å²) < 4.78 is 10.4. The second-order valence-electron chi connectivity index (χ2n) is 7.95. The molecule has 0 heterocycles. The van der Waals surface area contributed by atoms with Crippen molar-refractivity contribution in [2.24, 2.45) is 0 Å². The largest absolute Gasteiger partial charge is 0.445 e. The van der Waals surface area contributed by atoms with Crippen LogP contribution in [0.4, 0.5) is 9.59 Å². The first kappa shape index (κ1) is 23.2. The number of carbonyl (C=O) groups excluding carboxylic acids is 2. The lowest BCUT2D eigenvalue weighted by molar-refractivity contribution is 0.0421. The van der Waals surface area contributed by atoms with Gasteiger partial charge in [-0.05, 0) is 38.3 Å². The normalized spacial score (nSPS) is 13.1. The predicted molar refractivity (Wildman–Crippen MR) is 114 cm³/mol. The molecule has 2 aromatic carbocycles. The van der Waals surface area contributed by atoms with E-state index in [4.69, 9.17) is 9.47 Å². The van der Waals surface area contributed by atoms with Crippen LogP contribution in [0.5, 0.6) is 0 Å². The minimum atomic E-state index is -1.04. The molecule has 2 aromatic rings. The Labute approximate surface area is 177 Å². The Hall–Kier alpha value is -3.06. The smallest absolute Gasteiger partial charge is 0.407 e. The molecule has 7 nitrogen and oxygen atoms in total. The van der Waals surface area contributed by atoms with E-state index >= 15 is 0 Å². The summed E-state index contributed by atoms with van der Waals surface area (Å²) in [7, 11) is 0. The second kappa shape index (κ2) is 11.2. The molecular weight excluding hydrogens is 384 g/mol. The predicted octanol–water partition coefficient (Wildman–Crippen LogP) is 3.41. The number of aliphatic hydroxyl groups excluding tert-OH is 1. The average molecular weight is 415 g/mol. The molecule has 0 aromatic heterocycles. The Morgan fingerprint density at radius 2 is 1.50 bits per heavy atom. The monoisotopic (exact) mass is 414 g/mol. The van der Waals surface area contributed by atoms with Gasteiger partial charge >= 0.3 is 12.2 Å². The van der Waals surface area contributed by atoms with Gasteiger partial charge in [-0.3, -0.25) is 0 Å². The van der Waals surface area contributed by atoms with Crippen LogP contribution in [0.25, 0.3) is 0 Å². The van der Waals surface area contributed by atoms with Crippen LogP contribution in [-0.2, 0) is 22.5 Å². The van der Waals surface area contributed by atoms with Crippen molar-refractivity contribution in [2.75, 3.05) is 6.54 Å². The maximum atomic E-state index is 12.2. The van der Waals surface area contributed by atoms with Gasteiger partial charge < -0.3 is 25.2 Å². The number of aliphatic hydroxyl groups is 1. The van der Waals surface area contributed by atoms with Crippen LogP contribution in [0.15, 0.2) is 60.7 Å². The van der Waals surface area contributed by atoms with E-state index in [9.17, 15) is 14.7 Å². The fourth-order valence-corrected chi connectivity index (χ4v) is 2.71. The van der Waals surface area contributed by atoms with Crippen LogP contribution >= 0.6 is 0 Å². The highest BCUT2D eigenvalue weighted by Gasteiger charge is 2.25. The van der Waals surface area contributed by atoms with Gasteiger partial charge in [0.1, 0.15) is 12.2 Å². The Bertz CT molecular complexity index is 790. The van der Waals surface area contributed by atoms with E-state index in [-0.39, 0.29) is 13.2 Å². The molecule has 0 bridgehead atoms. The van der Waals surface area contributed by atoms with Gasteiger partial charge in [0, 0.05) is 6.54 Å². The molecule has 7 heteroatoms. The third-order valence-electron chi connectivity index (χ3n) is 4.13. The summed E-state index contributed by atoms with van der Waals surface area (Å²) in [6, 6.07) is 18.1. The summed E-state index contributed by atoms with van der Waals surface area (Å²) in [5.41, 5.74) is 1.14. The number of hydrogen-bond donors (Lipinski definition) is 3. The van der Waals surface area contributed by atoms with Crippen LogP contribution in [0.3, 0.4) is 0 Å². The topological polar surface area (TPSA) is 96.9 Å². The lowest BCUT2D eigenvalue weighted by Crippen LogP contribution is -2.50. The highest BCUT2D eigenvalue weighted by molar-refractivity contribution is 5.68. The zero-order valence-electron chi connectivity index (χ0n) is 17.6. The van der Waals surface area contributed by atoms with E-state index < -0.39 is 29.9 Å². The number of benzene rings is 2. The number of amides is 2. The van der Waals surface area contributed by atoms with Gasteiger partial charge in [0.25, 0.3) is 0 Å². The molecule has 2 amide bonds. The summed E-state index contributed by atoms with van der Waals surface area (Å²) in [6.07, 6.45) is -1.94. The first-order valence-electron chi connectivity index (χ1n) is 9.89. The highest BCUT2D eigenvalue weighted by Crippen LogP contribution is 2.10. The van der Waals surface area contributed by atoms with Crippen molar-refractivity contribution in [3.05, 3.63) is 71.8 Å². The molecule has 0 aliphatic heterocycles. The lowest BCUT2D eigenvalue weighted by Gasteiger charge is -2.27. The quantitative estimate of drug-likeness (QED) is 0.615. The van der Waals surface area contributed by atoms with E-state index in [0.29, 0.717) is 6.42 Å². The van der Waals surface area contributed by atoms with Crippen LogP contribution in [-0.4, -0.2) is 41.6 Å². The third kappa shape index (κ3) is 8.96. The molecule has 0 aliphatic carbocycles. The van der Waals surface area contributed by atoms with E-state index in [0.717, 1.165) is 11.1 Å². The Balaban J connectivity index is 1.91. The van der Waals surface area contributed by atoms with Crippen molar-refractivity contribution < 1.29 is 24.2 Å².